The van der Waals surface area contributed by atoms with Crippen LogP contribution in [-0.2, 0) is 10.8 Å². The van der Waals surface area contributed by atoms with E-state index in [0.29, 0.717) is 0 Å². The Morgan fingerprint density at radius 3 is 1.83 bits per heavy atom. The summed E-state index contributed by atoms with van der Waals surface area (Å²) >= 11 is 0. The number of aromatic nitrogens is 1. The Bertz CT molecular complexity index is 2650. The van der Waals surface area contributed by atoms with Gasteiger partial charge in [0.05, 0.1) is 5.52 Å². The van der Waals surface area contributed by atoms with E-state index >= 15 is 0 Å². The van der Waals surface area contributed by atoms with Gasteiger partial charge in [-0.3, -0.25) is 0 Å². The summed E-state index contributed by atoms with van der Waals surface area (Å²) in [4.78, 5) is 2.50. The fourth-order valence-corrected chi connectivity index (χ4v) is 9.02. The van der Waals surface area contributed by atoms with E-state index in [1.54, 1.807) is 0 Å². The lowest BCUT2D eigenvalue weighted by Crippen LogP contribution is -2.58. The highest BCUT2D eigenvalue weighted by Crippen LogP contribution is 2.42. The molecule has 0 saturated heterocycles. The molecule has 0 aliphatic carbocycles. The quantitative estimate of drug-likeness (QED) is 0.160. The minimum absolute atomic E-state index is 0.0917. The zero-order chi connectivity index (χ0) is 35.8. The van der Waals surface area contributed by atoms with Crippen LogP contribution in [0.2, 0.25) is 0 Å². The van der Waals surface area contributed by atoms with Crippen LogP contribution in [0.15, 0.2) is 158 Å². The van der Waals surface area contributed by atoms with Gasteiger partial charge < -0.3 is 9.47 Å². The number of fused-ring (bicyclic) bond motifs is 6. The average Bonchev–Trinajstić information content (AvgIpc) is 3.51. The second kappa shape index (κ2) is 11.9. The normalized spacial score (nSPS) is 13.9. The van der Waals surface area contributed by atoms with E-state index in [9.17, 15) is 0 Å². The SMILES string of the molecule is C=C/C=c1\c2n(c3ccccc13)-c1cccc3c1B(C=2C)c1cc(C(C)(C)c2ccccc2)ccc1N3c1ccc(C(C)(C)c2ccccc2)cc1. The molecule has 0 saturated carbocycles. The predicted molar refractivity (Wildman–Crippen MR) is 223 cm³/mol. The summed E-state index contributed by atoms with van der Waals surface area (Å²) in [5.41, 5.74) is 15.1. The summed E-state index contributed by atoms with van der Waals surface area (Å²) in [6.45, 7) is 15.9. The van der Waals surface area contributed by atoms with E-state index in [2.05, 4.69) is 202 Å². The van der Waals surface area contributed by atoms with Crippen molar-refractivity contribution >= 4 is 57.2 Å². The molecule has 0 N–H and O–H groups in total. The van der Waals surface area contributed by atoms with Crippen LogP contribution in [0.1, 0.15) is 56.9 Å². The van der Waals surface area contributed by atoms with Crippen LogP contribution < -0.4 is 26.4 Å². The number of para-hydroxylation sites is 1. The van der Waals surface area contributed by atoms with Gasteiger partial charge in [0.25, 0.3) is 0 Å². The molecule has 7 aromatic rings. The highest BCUT2D eigenvalue weighted by Gasteiger charge is 2.41. The smallest absolute Gasteiger partial charge is 0.247 e. The second-order valence-corrected chi connectivity index (χ2v) is 15.5. The first-order valence-corrected chi connectivity index (χ1v) is 18.4. The van der Waals surface area contributed by atoms with Crippen molar-refractivity contribution in [1.29, 1.82) is 0 Å². The number of anilines is 3. The number of rotatable bonds is 6. The van der Waals surface area contributed by atoms with Crippen molar-refractivity contribution in [2.75, 3.05) is 4.90 Å². The molecule has 52 heavy (non-hydrogen) atoms. The van der Waals surface area contributed by atoms with Gasteiger partial charge in [-0.05, 0) is 76.5 Å². The molecule has 0 unspecified atom stereocenters. The summed E-state index contributed by atoms with van der Waals surface area (Å²) in [6.07, 6.45) is 4.12. The van der Waals surface area contributed by atoms with Crippen LogP contribution in [0.5, 0.6) is 0 Å². The first-order chi connectivity index (χ1) is 25.2. The molecular formula is C49H43BN2. The molecule has 0 radical (unpaired) electrons. The topological polar surface area (TPSA) is 8.17 Å². The summed E-state index contributed by atoms with van der Waals surface area (Å²) in [5.74, 6) is 0. The van der Waals surface area contributed by atoms with Crippen molar-refractivity contribution in [2.45, 2.75) is 45.4 Å². The third-order valence-electron chi connectivity index (χ3n) is 12.0. The van der Waals surface area contributed by atoms with Gasteiger partial charge in [-0.2, -0.15) is 0 Å². The van der Waals surface area contributed by atoms with Gasteiger partial charge in [-0.15, -0.1) is 0 Å². The third kappa shape index (κ3) is 4.65. The van der Waals surface area contributed by atoms with Gasteiger partial charge in [0.1, 0.15) is 0 Å². The summed E-state index contributed by atoms with van der Waals surface area (Å²) in [7, 11) is 0. The molecule has 9 rings (SSSR count). The molecular weight excluding hydrogens is 627 g/mol. The van der Waals surface area contributed by atoms with Crippen molar-refractivity contribution in [3.05, 3.63) is 191 Å². The van der Waals surface area contributed by atoms with Crippen LogP contribution in [0.4, 0.5) is 17.1 Å². The lowest BCUT2D eigenvalue weighted by Gasteiger charge is -2.41. The highest BCUT2D eigenvalue weighted by atomic mass is 15.2. The largest absolute Gasteiger partial charge is 0.311 e. The lowest BCUT2D eigenvalue weighted by atomic mass is 9.33. The zero-order valence-corrected chi connectivity index (χ0v) is 30.7. The van der Waals surface area contributed by atoms with Gasteiger partial charge >= 0.3 is 0 Å². The average molecular weight is 671 g/mol. The van der Waals surface area contributed by atoms with E-state index in [4.69, 9.17) is 0 Å². The third-order valence-corrected chi connectivity index (χ3v) is 12.0. The van der Waals surface area contributed by atoms with Crippen molar-refractivity contribution in [2.24, 2.45) is 0 Å². The van der Waals surface area contributed by atoms with Crippen LogP contribution in [0, 0.1) is 0 Å². The summed E-state index contributed by atoms with van der Waals surface area (Å²) in [5, 5.41) is 3.76. The molecule has 2 nitrogen and oxygen atoms in total. The van der Waals surface area contributed by atoms with E-state index < -0.39 is 0 Å². The van der Waals surface area contributed by atoms with Gasteiger partial charge in [0.2, 0.25) is 6.71 Å². The second-order valence-electron chi connectivity index (χ2n) is 15.5. The maximum atomic E-state index is 4.13. The molecule has 252 valence electrons. The van der Waals surface area contributed by atoms with E-state index in [1.165, 1.54) is 77.2 Å². The molecule has 0 spiro atoms. The zero-order valence-electron chi connectivity index (χ0n) is 30.7. The molecule has 0 atom stereocenters. The minimum atomic E-state index is -0.176. The Labute approximate surface area is 307 Å². The van der Waals surface area contributed by atoms with Gasteiger partial charge in [-0.25, -0.2) is 0 Å². The minimum Gasteiger partial charge on any atom is -0.311 e. The number of benzene rings is 6. The Morgan fingerprint density at radius 1 is 0.577 bits per heavy atom. The van der Waals surface area contributed by atoms with Crippen LogP contribution in [-0.4, -0.2) is 11.3 Å². The van der Waals surface area contributed by atoms with Gasteiger partial charge in [0, 0.05) is 49.5 Å². The predicted octanol–water partition coefficient (Wildman–Crippen LogP) is 9.36. The Balaban J connectivity index is 1.32. The molecule has 3 heterocycles. The monoisotopic (exact) mass is 670 g/mol. The molecule has 1 aromatic heterocycles. The van der Waals surface area contributed by atoms with Crippen LogP contribution in [0.25, 0.3) is 28.1 Å². The first-order valence-electron chi connectivity index (χ1n) is 18.4. The van der Waals surface area contributed by atoms with E-state index in [1.807, 2.05) is 6.08 Å². The standard InChI is InChI=1S/C49H43BN2/c1-7-17-40-39-22-14-15-23-42(39)52-45-25-16-24-44-46(45)50(33(2)47(40)52)41-32-37(49(5,6)35-20-12-9-13-21-35)28-31-43(41)51(44)38-29-26-36(27-30-38)48(3,4)34-18-10-8-11-19-34/h7-32H,1H2,2-6H3/b40-17-. The molecule has 6 aromatic carbocycles. The van der Waals surface area contributed by atoms with Crippen LogP contribution in [0.3, 0.4) is 0 Å². The summed E-state index contributed by atoms with van der Waals surface area (Å²) in [6, 6.07) is 53.9. The van der Waals surface area contributed by atoms with Gasteiger partial charge in [0.15, 0.2) is 0 Å². The molecule has 2 aliphatic heterocycles. The Morgan fingerprint density at radius 2 is 1.15 bits per heavy atom. The van der Waals surface area contributed by atoms with E-state index in [-0.39, 0.29) is 17.5 Å². The number of nitrogens with zero attached hydrogens (tertiary/aromatic N) is 2. The lowest BCUT2D eigenvalue weighted by molar-refractivity contribution is 0.641. The van der Waals surface area contributed by atoms with Crippen LogP contribution >= 0.6 is 0 Å². The highest BCUT2D eigenvalue weighted by molar-refractivity contribution is 7.01. The molecule has 0 amide bonds. The summed E-state index contributed by atoms with van der Waals surface area (Å²) < 4.78 is 2.50. The number of allylic oxidation sites excluding steroid dienone is 1. The maximum Gasteiger partial charge on any atom is 0.247 e. The molecule has 0 bridgehead atoms. The Hall–Kier alpha value is -5.80. The van der Waals surface area contributed by atoms with Crippen molar-refractivity contribution in [3.8, 4) is 5.69 Å². The van der Waals surface area contributed by atoms with Gasteiger partial charge in [-0.1, -0.05) is 161 Å². The number of hydrogen-bond donors (Lipinski definition) is 0. The Kier molecular flexibility index (Phi) is 7.35. The fourth-order valence-electron chi connectivity index (χ4n) is 9.02. The molecule has 2 aliphatic rings. The fraction of sp³-hybridized carbons (Fsp3) is 0.143. The van der Waals surface area contributed by atoms with Crippen molar-refractivity contribution in [1.82, 2.24) is 4.57 Å². The van der Waals surface area contributed by atoms with Crippen molar-refractivity contribution in [3.63, 3.8) is 0 Å². The van der Waals surface area contributed by atoms with Crippen molar-refractivity contribution < 1.29 is 0 Å². The van der Waals surface area contributed by atoms with E-state index in [0.717, 1.165) is 5.69 Å². The first kappa shape index (κ1) is 32.1. The number of hydrogen-bond acceptors (Lipinski definition) is 1. The molecule has 0 fully saturated rings. The maximum absolute atomic E-state index is 4.13. The molecule has 3 heteroatoms.